The fourth-order valence-corrected chi connectivity index (χ4v) is 4.21. The second-order valence-electron chi connectivity index (χ2n) is 9.36. The Hall–Kier alpha value is -3.59. The molecule has 0 saturated heterocycles. The zero-order valence-corrected chi connectivity index (χ0v) is 22.2. The van der Waals surface area contributed by atoms with Gasteiger partial charge in [-0.3, -0.25) is 9.79 Å². The van der Waals surface area contributed by atoms with Crippen LogP contribution in [-0.2, 0) is 12.0 Å². The van der Waals surface area contributed by atoms with Crippen molar-refractivity contribution in [3.63, 3.8) is 0 Å². The van der Waals surface area contributed by atoms with E-state index in [4.69, 9.17) is 5.73 Å². The van der Waals surface area contributed by atoms with Gasteiger partial charge in [0.2, 0.25) is 5.95 Å². The molecule has 0 fully saturated rings. The molecular weight excluding hydrogens is 458 g/mol. The number of nitrogens with one attached hydrogen (secondary N) is 2. The van der Waals surface area contributed by atoms with Crippen LogP contribution in [-0.4, -0.2) is 33.6 Å². The van der Waals surface area contributed by atoms with Crippen LogP contribution in [0.1, 0.15) is 60.4 Å². The Balaban J connectivity index is 1.73. The van der Waals surface area contributed by atoms with Gasteiger partial charge in [-0.15, -0.1) is 11.3 Å². The Bertz CT molecular complexity index is 1280. The zero-order valence-electron chi connectivity index (χ0n) is 21.4. The molecule has 8 nitrogen and oxygen atoms in total. The van der Waals surface area contributed by atoms with Crippen LogP contribution >= 0.6 is 11.3 Å². The first-order valence-electron chi connectivity index (χ1n) is 11.3. The number of aliphatic imine (C=N–C) groups is 1. The highest BCUT2D eigenvalue weighted by molar-refractivity contribution is 7.13. The fourth-order valence-electron chi connectivity index (χ4n) is 3.32. The number of hydrogen-bond donors (Lipinski definition) is 3. The van der Waals surface area contributed by atoms with Gasteiger partial charge in [-0.2, -0.15) is 0 Å². The molecule has 9 heteroatoms. The summed E-state index contributed by atoms with van der Waals surface area (Å²) < 4.78 is 0. The van der Waals surface area contributed by atoms with Crippen molar-refractivity contribution in [3.8, 4) is 11.3 Å². The van der Waals surface area contributed by atoms with Crippen LogP contribution in [0.2, 0.25) is 0 Å². The average Bonchev–Trinajstić information content (AvgIpc) is 3.32. The molecule has 2 aromatic heterocycles. The van der Waals surface area contributed by atoms with Crippen molar-refractivity contribution in [1.82, 2.24) is 20.3 Å². The predicted molar refractivity (Wildman–Crippen MR) is 144 cm³/mol. The van der Waals surface area contributed by atoms with Crippen molar-refractivity contribution in [1.29, 1.82) is 0 Å². The third kappa shape index (κ3) is 6.51. The molecular formula is C26H33N7OS. The summed E-state index contributed by atoms with van der Waals surface area (Å²) >= 11 is 1.44. The quantitative estimate of drug-likeness (QED) is 0.408. The van der Waals surface area contributed by atoms with Crippen LogP contribution < -0.4 is 16.4 Å². The Kier molecular flexibility index (Phi) is 8.01. The summed E-state index contributed by atoms with van der Waals surface area (Å²) in [5.74, 6) is 0.330. The molecule has 0 bridgehead atoms. The first-order valence-corrected chi connectivity index (χ1v) is 12.2. The third-order valence-electron chi connectivity index (χ3n) is 5.43. The minimum atomic E-state index is -0.113. The first kappa shape index (κ1) is 26.0. The number of thiazole rings is 1. The van der Waals surface area contributed by atoms with Crippen molar-refractivity contribution in [2.45, 2.75) is 53.5 Å². The lowest BCUT2D eigenvalue weighted by Crippen LogP contribution is -2.22. The van der Waals surface area contributed by atoms with Crippen LogP contribution in [0, 0.1) is 6.92 Å². The molecule has 0 unspecified atom stereocenters. The van der Waals surface area contributed by atoms with Crippen LogP contribution in [0.15, 0.2) is 53.0 Å². The van der Waals surface area contributed by atoms with Gasteiger partial charge in [-0.25, -0.2) is 15.0 Å². The van der Waals surface area contributed by atoms with E-state index in [2.05, 4.69) is 57.4 Å². The molecule has 3 rings (SSSR count). The van der Waals surface area contributed by atoms with Crippen LogP contribution in [0.25, 0.3) is 11.3 Å². The van der Waals surface area contributed by atoms with Gasteiger partial charge < -0.3 is 16.4 Å². The number of allylic oxidation sites excluding steroid dienone is 2. The summed E-state index contributed by atoms with van der Waals surface area (Å²) in [5.41, 5.74) is 11.8. The molecule has 0 saturated carbocycles. The molecule has 0 aliphatic rings. The average molecular weight is 492 g/mol. The molecule has 1 amide bonds. The zero-order chi connectivity index (χ0) is 25.8. The number of hydrogen-bond acceptors (Lipinski definition) is 8. The monoisotopic (exact) mass is 491 g/mol. The van der Waals surface area contributed by atoms with Gasteiger partial charge in [0.25, 0.3) is 5.91 Å². The Morgan fingerprint density at radius 1 is 1.17 bits per heavy atom. The summed E-state index contributed by atoms with van der Waals surface area (Å²) in [7, 11) is 1.71. The van der Waals surface area contributed by atoms with Gasteiger partial charge in [0.1, 0.15) is 4.88 Å². The van der Waals surface area contributed by atoms with E-state index >= 15 is 0 Å². The highest BCUT2D eigenvalue weighted by Crippen LogP contribution is 2.27. The van der Waals surface area contributed by atoms with E-state index in [1.807, 2.05) is 32.0 Å². The number of benzene rings is 1. The molecule has 2 heterocycles. The molecule has 0 atom stereocenters. The molecule has 0 radical (unpaired) electrons. The Morgan fingerprint density at radius 3 is 2.51 bits per heavy atom. The number of rotatable bonds is 7. The number of aryl methyl sites for hydroxylation is 1. The Morgan fingerprint density at radius 2 is 1.91 bits per heavy atom. The van der Waals surface area contributed by atoms with Gasteiger partial charge in [-0.1, -0.05) is 32.9 Å². The van der Waals surface area contributed by atoms with E-state index in [-0.39, 0.29) is 11.3 Å². The number of nitrogens with zero attached hydrogens (tertiary/aromatic N) is 4. The standard InChI is InChI=1S/C26H33N7OS/c1-15-12-18(20-10-11-29-25(32-20)33-22(16(2)27)17(3)28-7)8-9-19(15)13-30-23(34)21-14-31-24(35-21)26(4,5)6/h8-12,14H,13,27H2,1-7H3,(H,30,34)(H,29,32,33). The van der Waals surface area contributed by atoms with Crippen molar-refractivity contribution in [2.24, 2.45) is 10.7 Å². The van der Waals surface area contributed by atoms with Crippen LogP contribution in [0.5, 0.6) is 0 Å². The molecule has 184 valence electrons. The number of amides is 1. The smallest absolute Gasteiger partial charge is 0.263 e. The molecule has 1 aromatic carbocycles. The summed E-state index contributed by atoms with van der Waals surface area (Å²) in [6, 6.07) is 7.92. The number of nitrogens with two attached hydrogens (primary N) is 1. The van der Waals surface area contributed by atoms with Crippen molar-refractivity contribution < 1.29 is 4.79 Å². The fraction of sp³-hybridized carbons (Fsp3) is 0.346. The van der Waals surface area contributed by atoms with Crippen molar-refractivity contribution in [3.05, 3.63) is 69.1 Å². The third-order valence-corrected chi connectivity index (χ3v) is 6.85. The summed E-state index contributed by atoms with van der Waals surface area (Å²) in [6.45, 7) is 12.4. The molecule has 0 spiro atoms. The van der Waals surface area contributed by atoms with E-state index in [9.17, 15) is 4.79 Å². The number of anilines is 1. The maximum Gasteiger partial charge on any atom is 0.263 e. The number of carbonyl (C=O) groups excluding carboxylic acids is 1. The normalized spacial score (nSPS) is 12.8. The highest BCUT2D eigenvalue weighted by atomic mass is 32.1. The maximum absolute atomic E-state index is 12.6. The Labute approximate surface area is 210 Å². The van der Waals surface area contributed by atoms with Gasteiger partial charge in [0.05, 0.1) is 28.3 Å². The van der Waals surface area contributed by atoms with E-state index in [0.29, 0.717) is 28.8 Å². The lowest BCUT2D eigenvalue weighted by Gasteiger charge is -2.13. The topological polar surface area (TPSA) is 118 Å². The molecule has 4 N–H and O–H groups in total. The SMILES string of the molecule is CN=C(C)C(Nc1nccc(-c2ccc(CNC(=O)c3cnc(C(C)(C)C)s3)c(C)c2)n1)=C(C)N. The number of aromatic nitrogens is 3. The minimum Gasteiger partial charge on any atom is -0.401 e. The number of carbonyl (C=O) groups is 1. The van der Waals surface area contributed by atoms with Gasteiger partial charge in [0.15, 0.2) is 0 Å². The summed E-state index contributed by atoms with van der Waals surface area (Å²) in [4.78, 5) is 30.8. The van der Waals surface area contributed by atoms with Crippen molar-refractivity contribution >= 4 is 28.9 Å². The molecule has 3 aromatic rings. The van der Waals surface area contributed by atoms with Gasteiger partial charge in [-0.05, 0) is 44.0 Å². The second kappa shape index (κ2) is 10.8. The molecule has 0 aliphatic heterocycles. The van der Waals surface area contributed by atoms with Gasteiger partial charge >= 0.3 is 0 Å². The molecule has 35 heavy (non-hydrogen) atoms. The largest absolute Gasteiger partial charge is 0.401 e. The maximum atomic E-state index is 12.6. The van der Waals surface area contributed by atoms with E-state index < -0.39 is 0 Å². The lowest BCUT2D eigenvalue weighted by atomic mass is 9.98. The predicted octanol–water partition coefficient (Wildman–Crippen LogP) is 4.83. The second-order valence-corrected chi connectivity index (χ2v) is 10.4. The van der Waals surface area contributed by atoms with E-state index in [1.165, 1.54) is 11.3 Å². The van der Waals surface area contributed by atoms with Crippen molar-refractivity contribution in [2.75, 3.05) is 12.4 Å². The lowest BCUT2D eigenvalue weighted by molar-refractivity contribution is 0.0954. The molecule has 0 aliphatic carbocycles. The van der Waals surface area contributed by atoms with E-state index in [0.717, 1.165) is 33.1 Å². The first-order chi connectivity index (χ1) is 16.5. The highest BCUT2D eigenvalue weighted by Gasteiger charge is 2.20. The minimum absolute atomic E-state index is 0.0740. The van der Waals surface area contributed by atoms with E-state index in [1.54, 1.807) is 26.4 Å². The van der Waals surface area contributed by atoms with Crippen LogP contribution in [0.3, 0.4) is 0 Å². The summed E-state index contributed by atoms with van der Waals surface area (Å²) in [5, 5.41) is 7.13. The van der Waals surface area contributed by atoms with Gasteiger partial charge in [0, 0.05) is 36.5 Å². The van der Waals surface area contributed by atoms with Crippen LogP contribution in [0.4, 0.5) is 5.95 Å². The summed E-state index contributed by atoms with van der Waals surface area (Å²) in [6.07, 6.45) is 3.36.